The van der Waals surface area contributed by atoms with Gasteiger partial charge in [0.25, 0.3) is 5.91 Å². The molecule has 0 aromatic carbocycles. The number of unbranched alkanes of at least 4 members (excludes halogenated alkanes) is 1. The fraction of sp³-hybridized carbons (Fsp3) is 0.684. The number of nitrogens with zero attached hydrogens (tertiary/aromatic N) is 1. The van der Waals surface area contributed by atoms with E-state index in [4.69, 9.17) is 9.47 Å². The van der Waals surface area contributed by atoms with E-state index >= 15 is 0 Å². The third-order valence-corrected chi connectivity index (χ3v) is 3.84. The smallest absolute Gasteiger partial charge is 0.256 e. The molecule has 136 valence electrons. The summed E-state index contributed by atoms with van der Waals surface area (Å²) in [6.07, 6.45) is 6.15. The number of aromatic nitrogens is 1. The van der Waals surface area contributed by atoms with E-state index in [0.29, 0.717) is 31.2 Å². The summed E-state index contributed by atoms with van der Waals surface area (Å²) in [6, 6.07) is 1.88. The van der Waals surface area contributed by atoms with Crippen LogP contribution in [-0.2, 0) is 9.53 Å². The maximum absolute atomic E-state index is 12.7. The van der Waals surface area contributed by atoms with Gasteiger partial charge in [0.05, 0.1) is 18.5 Å². The Balaban J connectivity index is 2.80. The average Bonchev–Trinajstić information content (AvgIpc) is 2.57. The number of anilines is 1. The molecule has 0 saturated heterocycles. The molecule has 0 radical (unpaired) electrons. The predicted molar refractivity (Wildman–Crippen MR) is 97.6 cm³/mol. The Morgan fingerprint density at radius 2 is 1.92 bits per heavy atom. The van der Waals surface area contributed by atoms with Crippen molar-refractivity contribution >= 4 is 11.6 Å². The molecule has 1 N–H and O–H groups in total. The fourth-order valence-corrected chi connectivity index (χ4v) is 2.34. The molecule has 0 bridgehead atoms. The summed E-state index contributed by atoms with van der Waals surface area (Å²) in [5.41, 5.74) is 0.771. The van der Waals surface area contributed by atoms with E-state index in [1.807, 2.05) is 26.8 Å². The molecule has 0 aliphatic carbocycles. The van der Waals surface area contributed by atoms with E-state index in [1.165, 1.54) is 0 Å². The number of rotatable bonds is 11. The maximum Gasteiger partial charge on any atom is 0.256 e. The van der Waals surface area contributed by atoms with Crippen molar-refractivity contribution in [3.8, 4) is 5.88 Å². The van der Waals surface area contributed by atoms with Crippen molar-refractivity contribution in [2.75, 3.05) is 18.5 Å². The van der Waals surface area contributed by atoms with Gasteiger partial charge in [-0.05, 0) is 39.2 Å². The zero-order valence-corrected chi connectivity index (χ0v) is 15.8. The molecule has 1 aromatic heterocycles. The molecule has 5 nitrogen and oxygen atoms in total. The first-order chi connectivity index (χ1) is 11.5. The first-order valence-electron chi connectivity index (χ1n) is 9.01. The Kier molecular flexibility index (Phi) is 8.76. The second-order valence-electron chi connectivity index (χ2n) is 6.33. The number of pyridine rings is 1. The first-order valence-corrected chi connectivity index (χ1v) is 9.01. The number of amides is 1. The van der Waals surface area contributed by atoms with Crippen LogP contribution in [0.5, 0.6) is 5.88 Å². The lowest BCUT2D eigenvalue weighted by Crippen LogP contribution is -2.43. The molecule has 0 aliphatic heterocycles. The van der Waals surface area contributed by atoms with Crippen LogP contribution in [0.15, 0.2) is 12.3 Å². The van der Waals surface area contributed by atoms with Crippen molar-refractivity contribution in [2.45, 2.75) is 72.3 Å². The van der Waals surface area contributed by atoms with Crippen LogP contribution in [0.3, 0.4) is 0 Å². The summed E-state index contributed by atoms with van der Waals surface area (Å²) < 4.78 is 11.4. The minimum absolute atomic E-state index is 0.118. The summed E-state index contributed by atoms with van der Waals surface area (Å²) in [5.74, 6) is 0.499. The molecular weight excluding hydrogens is 304 g/mol. The van der Waals surface area contributed by atoms with Crippen molar-refractivity contribution in [2.24, 2.45) is 0 Å². The second kappa shape index (κ2) is 10.3. The minimum atomic E-state index is -0.808. The number of carbonyl (C=O) groups excluding carboxylic acids is 1. The van der Waals surface area contributed by atoms with Crippen LogP contribution in [0.2, 0.25) is 0 Å². The van der Waals surface area contributed by atoms with Crippen molar-refractivity contribution in [3.63, 3.8) is 0 Å². The standard InChI is InChI=1S/C19H32N2O3/c1-6-9-10-19(5,24-12-8-3)18(22)21-16-13-15(4)17(20-14-16)23-11-7-2/h13-14H,6-12H2,1-5H3,(H,21,22). The molecule has 1 unspecified atom stereocenters. The molecule has 0 spiro atoms. The van der Waals surface area contributed by atoms with E-state index < -0.39 is 5.60 Å². The van der Waals surface area contributed by atoms with Crippen molar-refractivity contribution in [1.82, 2.24) is 4.98 Å². The van der Waals surface area contributed by atoms with E-state index in [-0.39, 0.29) is 5.91 Å². The Morgan fingerprint density at radius 1 is 1.21 bits per heavy atom. The van der Waals surface area contributed by atoms with E-state index in [0.717, 1.165) is 31.2 Å². The Morgan fingerprint density at radius 3 is 2.50 bits per heavy atom. The van der Waals surface area contributed by atoms with Gasteiger partial charge in [0.15, 0.2) is 0 Å². The van der Waals surface area contributed by atoms with Gasteiger partial charge in [-0.3, -0.25) is 4.79 Å². The highest BCUT2D eigenvalue weighted by Crippen LogP contribution is 2.24. The summed E-state index contributed by atoms with van der Waals surface area (Å²) in [5, 5.41) is 2.94. The fourth-order valence-electron chi connectivity index (χ4n) is 2.34. The van der Waals surface area contributed by atoms with Gasteiger partial charge in [-0.2, -0.15) is 0 Å². The molecule has 1 aromatic rings. The van der Waals surface area contributed by atoms with Gasteiger partial charge >= 0.3 is 0 Å². The third-order valence-electron chi connectivity index (χ3n) is 3.84. The predicted octanol–water partition coefficient (Wildman–Crippen LogP) is 4.49. The van der Waals surface area contributed by atoms with E-state index in [1.54, 1.807) is 6.20 Å². The second-order valence-corrected chi connectivity index (χ2v) is 6.33. The highest BCUT2D eigenvalue weighted by molar-refractivity contribution is 5.97. The Labute approximate surface area is 146 Å². The number of hydrogen-bond acceptors (Lipinski definition) is 4. The van der Waals surface area contributed by atoms with E-state index in [9.17, 15) is 4.79 Å². The number of ether oxygens (including phenoxy) is 2. The van der Waals surface area contributed by atoms with Gasteiger partial charge in [-0.1, -0.05) is 33.6 Å². The monoisotopic (exact) mass is 336 g/mol. The lowest BCUT2D eigenvalue weighted by molar-refractivity contribution is -0.140. The summed E-state index contributed by atoms with van der Waals surface area (Å²) >= 11 is 0. The molecule has 0 aliphatic rings. The number of aryl methyl sites for hydroxylation is 1. The highest BCUT2D eigenvalue weighted by atomic mass is 16.5. The summed E-state index contributed by atoms with van der Waals surface area (Å²) in [7, 11) is 0. The van der Waals surface area contributed by atoms with Gasteiger partial charge in [0.1, 0.15) is 5.60 Å². The minimum Gasteiger partial charge on any atom is -0.477 e. The largest absolute Gasteiger partial charge is 0.477 e. The van der Waals surface area contributed by atoms with Crippen LogP contribution in [0.25, 0.3) is 0 Å². The first kappa shape index (κ1) is 20.4. The highest BCUT2D eigenvalue weighted by Gasteiger charge is 2.33. The van der Waals surface area contributed by atoms with Crippen molar-refractivity contribution < 1.29 is 14.3 Å². The summed E-state index contributed by atoms with van der Waals surface area (Å²) in [4.78, 5) is 17.0. The van der Waals surface area contributed by atoms with Gasteiger partial charge in [-0.15, -0.1) is 0 Å². The summed E-state index contributed by atoms with van der Waals surface area (Å²) in [6.45, 7) is 11.2. The van der Waals surface area contributed by atoms with Crippen LogP contribution in [-0.4, -0.2) is 29.7 Å². The molecule has 1 heterocycles. The quantitative estimate of drug-likeness (QED) is 0.646. The van der Waals surface area contributed by atoms with Gasteiger partial charge in [0, 0.05) is 12.2 Å². The Hall–Kier alpha value is -1.62. The molecule has 1 atom stereocenters. The topological polar surface area (TPSA) is 60.5 Å². The number of carbonyl (C=O) groups is 1. The lowest BCUT2D eigenvalue weighted by atomic mass is 9.97. The van der Waals surface area contributed by atoms with Crippen LogP contribution >= 0.6 is 0 Å². The SMILES string of the molecule is CCCCC(C)(OCCC)C(=O)Nc1cnc(OCCC)c(C)c1. The van der Waals surface area contributed by atoms with E-state index in [2.05, 4.69) is 24.1 Å². The van der Waals surface area contributed by atoms with Crippen LogP contribution in [0.4, 0.5) is 5.69 Å². The van der Waals surface area contributed by atoms with Crippen LogP contribution < -0.4 is 10.1 Å². The molecule has 24 heavy (non-hydrogen) atoms. The van der Waals surface area contributed by atoms with Gasteiger partial charge in [0.2, 0.25) is 5.88 Å². The zero-order valence-electron chi connectivity index (χ0n) is 15.8. The normalized spacial score (nSPS) is 13.4. The van der Waals surface area contributed by atoms with Crippen LogP contribution in [0, 0.1) is 6.92 Å². The van der Waals surface area contributed by atoms with Crippen LogP contribution in [0.1, 0.15) is 65.4 Å². The van der Waals surface area contributed by atoms with Crippen molar-refractivity contribution in [3.05, 3.63) is 17.8 Å². The molecule has 5 heteroatoms. The van der Waals surface area contributed by atoms with Gasteiger partial charge in [-0.25, -0.2) is 4.98 Å². The third kappa shape index (κ3) is 6.11. The molecule has 1 rings (SSSR count). The molecule has 0 fully saturated rings. The average molecular weight is 336 g/mol. The molecule has 0 saturated carbocycles. The molecular formula is C19H32N2O3. The number of nitrogens with one attached hydrogen (secondary N) is 1. The maximum atomic E-state index is 12.7. The zero-order chi connectivity index (χ0) is 18.0. The Bertz CT molecular complexity index is 509. The molecule has 1 amide bonds. The lowest BCUT2D eigenvalue weighted by Gasteiger charge is -2.28. The van der Waals surface area contributed by atoms with Crippen molar-refractivity contribution in [1.29, 1.82) is 0 Å². The van der Waals surface area contributed by atoms with Gasteiger partial charge < -0.3 is 14.8 Å². The number of hydrogen-bond donors (Lipinski definition) is 1.